The summed E-state index contributed by atoms with van der Waals surface area (Å²) >= 11 is 0. The van der Waals surface area contributed by atoms with Crippen LogP contribution in [0.4, 0.5) is 0 Å². The van der Waals surface area contributed by atoms with Crippen LogP contribution < -0.4 is 0 Å². The van der Waals surface area contributed by atoms with E-state index in [9.17, 15) is 4.79 Å². The fourth-order valence-electron chi connectivity index (χ4n) is 4.26. The Labute approximate surface area is 170 Å². The van der Waals surface area contributed by atoms with Gasteiger partial charge >= 0.3 is 5.97 Å². The third kappa shape index (κ3) is 3.17. The van der Waals surface area contributed by atoms with Crippen LogP contribution in [0.2, 0.25) is 0 Å². The number of para-hydroxylation sites is 1. The van der Waals surface area contributed by atoms with Gasteiger partial charge in [0.1, 0.15) is 5.69 Å². The van der Waals surface area contributed by atoms with E-state index in [-0.39, 0.29) is 5.97 Å². The molecule has 0 atom stereocenters. The molecule has 1 aliphatic rings. The number of aromatic nitrogens is 3. The maximum absolute atomic E-state index is 12.9. The zero-order valence-corrected chi connectivity index (χ0v) is 17.3. The number of hydrogen-bond donors (Lipinski definition) is 0. The van der Waals surface area contributed by atoms with Crippen LogP contribution >= 0.6 is 0 Å². The summed E-state index contributed by atoms with van der Waals surface area (Å²) in [6.45, 7) is 10.1. The van der Waals surface area contributed by atoms with Crippen molar-refractivity contribution in [1.82, 2.24) is 14.3 Å². The number of ether oxygens (including phenoxy) is 2. The van der Waals surface area contributed by atoms with Crippen molar-refractivity contribution in [2.45, 2.75) is 39.8 Å². The average molecular weight is 393 g/mol. The van der Waals surface area contributed by atoms with E-state index in [2.05, 4.69) is 30.2 Å². The number of aryl methyl sites for hydroxylation is 2. The molecule has 6 nitrogen and oxygen atoms in total. The molecule has 0 radical (unpaired) electrons. The monoisotopic (exact) mass is 393 g/mol. The summed E-state index contributed by atoms with van der Waals surface area (Å²) in [7, 11) is 1.95. The van der Waals surface area contributed by atoms with E-state index in [0.29, 0.717) is 32.1 Å². The minimum absolute atomic E-state index is 0.307. The lowest BCUT2D eigenvalue weighted by Gasteiger charge is -2.13. The summed E-state index contributed by atoms with van der Waals surface area (Å²) in [5.74, 6) is -0.307. The van der Waals surface area contributed by atoms with Crippen LogP contribution in [0.3, 0.4) is 0 Å². The van der Waals surface area contributed by atoms with Crippen LogP contribution in [-0.2, 0) is 29.7 Å². The highest BCUT2D eigenvalue weighted by molar-refractivity contribution is 6.07. The zero-order chi connectivity index (χ0) is 20.5. The number of nitrogens with zero attached hydrogens (tertiary/aromatic N) is 3. The van der Waals surface area contributed by atoms with Crippen LogP contribution in [0.25, 0.3) is 28.1 Å². The standard InChI is InChI=1S/C23H27N3O3/c1-5-16-17-10-9-11-18-20-15(3)25(4)24-19(20)14-28-13-8-7-12-26(21(17)18)22(16)23(27)29-6-2/h5,9-11H,1,6-8,12-14H2,2-4H3. The molecule has 0 aliphatic carbocycles. The summed E-state index contributed by atoms with van der Waals surface area (Å²) in [6, 6.07) is 6.18. The number of benzene rings is 1. The van der Waals surface area contributed by atoms with E-state index in [1.165, 1.54) is 0 Å². The highest BCUT2D eigenvalue weighted by Gasteiger charge is 2.26. The number of carbonyl (C=O) groups excluding carboxylic acids is 1. The minimum atomic E-state index is -0.307. The molecule has 2 aromatic heterocycles. The second kappa shape index (κ2) is 7.87. The molecule has 0 spiro atoms. The Morgan fingerprint density at radius 3 is 2.97 bits per heavy atom. The lowest BCUT2D eigenvalue weighted by atomic mass is 9.99. The van der Waals surface area contributed by atoms with Gasteiger partial charge in [-0.25, -0.2) is 4.79 Å². The van der Waals surface area contributed by atoms with E-state index < -0.39 is 0 Å². The van der Waals surface area contributed by atoms with Gasteiger partial charge in [-0.3, -0.25) is 4.68 Å². The summed E-state index contributed by atoms with van der Waals surface area (Å²) in [4.78, 5) is 12.9. The fourth-order valence-corrected chi connectivity index (χ4v) is 4.26. The molecule has 0 saturated carbocycles. The Hall–Kier alpha value is -2.86. The van der Waals surface area contributed by atoms with Crippen molar-refractivity contribution in [3.05, 3.63) is 47.4 Å². The lowest BCUT2D eigenvalue weighted by molar-refractivity contribution is 0.0513. The predicted octanol–water partition coefficient (Wildman–Crippen LogP) is 4.48. The van der Waals surface area contributed by atoms with E-state index in [1.54, 1.807) is 6.08 Å². The smallest absolute Gasteiger partial charge is 0.355 e. The molecule has 1 aliphatic heterocycles. The average Bonchev–Trinajstić information content (AvgIpc) is 3.17. The topological polar surface area (TPSA) is 58.3 Å². The van der Waals surface area contributed by atoms with E-state index >= 15 is 0 Å². The van der Waals surface area contributed by atoms with Crippen molar-refractivity contribution < 1.29 is 14.3 Å². The second-order valence-electron chi connectivity index (χ2n) is 7.33. The predicted molar refractivity (Wildman–Crippen MR) is 114 cm³/mol. The highest BCUT2D eigenvalue weighted by Crippen LogP contribution is 2.38. The third-order valence-corrected chi connectivity index (χ3v) is 5.63. The lowest BCUT2D eigenvalue weighted by Crippen LogP contribution is -2.14. The third-order valence-electron chi connectivity index (χ3n) is 5.63. The first-order valence-electron chi connectivity index (χ1n) is 10.1. The summed E-state index contributed by atoms with van der Waals surface area (Å²) in [5, 5.41) is 5.71. The molecule has 1 aromatic carbocycles. The van der Waals surface area contributed by atoms with Crippen molar-refractivity contribution in [3.63, 3.8) is 0 Å². The van der Waals surface area contributed by atoms with Gasteiger partial charge in [-0.05, 0) is 26.7 Å². The Kier molecular flexibility index (Phi) is 5.28. The molecular weight excluding hydrogens is 366 g/mol. The molecule has 29 heavy (non-hydrogen) atoms. The summed E-state index contributed by atoms with van der Waals surface area (Å²) in [6.07, 6.45) is 3.58. The highest BCUT2D eigenvalue weighted by atomic mass is 16.5. The van der Waals surface area contributed by atoms with Gasteiger partial charge in [0, 0.05) is 48.0 Å². The molecule has 152 valence electrons. The molecule has 0 N–H and O–H groups in total. The number of hydrogen-bond acceptors (Lipinski definition) is 4. The van der Waals surface area contributed by atoms with Crippen LogP contribution in [0.5, 0.6) is 0 Å². The van der Waals surface area contributed by atoms with Gasteiger partial charge in [0.05, 0.1) is 24.4 Å². The van der Waals surface area contributed by atoms with E-state index in [1.807, 2.05) is 24.7 Å². The molecule has 0 amide bonds. The van der Waals surface area contributed by atoms with Gasteiger partial charge in [-0.2, -0.15) is 5.10 Å². The Morgan fingerprint density at radius 1 is 1.38 bits per heavy atom. The van der Waals surface area contributed by atoms with Gasteiger partial charge in [-0.15, -0.1) is 0 Å². The number of fused-ring (bicyclic) bond motifs is 2. The minimum Gasteiger partial charge on any atom is -0.461 e. The van der Waals surface area contributed by atoms with Gasteiger partial charge in [0.2, 0.25) is 0 Å². The second-order valence-corrected chi connectivity index (χ2v) is 7.33. The molecule has 0 saturated heterocycles. The molecule has 6 heteroatoms. The zero-order valence-electron chi connectivity index (χ0n) is 17.3. The molecule has 3 aromatic rings. The number of rotatable bonds is 3. The van der Waals surface area contributed by atoms with Gasteiger partial charge in [0.25, 0.3) is 0 Å². The van der Waals surface area contributed by atoms with Gasteiger partial charge < -0.3 is 14.0 Å². The van der Waals surface area contributed by atoms with Crippen LogP contribution in [0.1, 0.15) is 47.2 Å². The normalized spacial score (nSPS) is 14.3. The Bertz CT molecular complexity index is 1090. The van der Waals surface area contributed by atoms with Crippen molar-refractivity contribution >= 4 is 22.9 Å². The Balaban J connectivity index is 2.10. The molecule has 0 bridgehead atoms. The Morgan fingerprint density at radius 2 is 2.21 bits per heavy atom. The molecule has 4 rings (SSSR count). The number of esters is 1. The number of carbonyl (C=O) groups is 1. The van der Waals surface area contributed by atoms with Crippen LogP contribution in [0.15, 0.2) is 24.8 Å². The van der Waals surface area contributed by atoms with E-state index in [4.69, 9.17) is 14.6 Å². The van der Waals surface area contributed by atoms with Crippen LogP contribution in [0, 0.1) is 6.92 Å². The summed E-state index contributed by atoms with van der Waals surface area (Å²) in [5.41, 5.74) is 6.57. The first-order valence-corrected chi connectivity index (χ1v) is 10.1. The van der Waals surface area contributed by atoms with E-state index in [0.717, 1.165) is 51.8 Å². The van der Waals surface area contributed by atoms with Gasteiger partial charge in [0.15, 0.2) is 0 Å². The molecular formula is C23H27N3O3. The molecule has 0 unspecified atom stereocenters. The van der Waals surface area contributed by atoms with Crippen molar-refractivity contribution in [1.29, 1.82) is 0 Å². The fraction of sp³-hybridized carbons (Fsp3) is 0.391. The maximum atomic E-state index is 12.9. The molecule has 0 fully saturated rings. The summed E-state index contributed by atoms with van der Waals surface area (Å²) < 4.78 is 15.3. The van der Waals surface area contributed by atoms with Crippen LogP contribution in [-0.4, -0.2) is 33.5 Å². The first kappa shape index (κ1) is 19.5. The first-order chi connectivity index (χ1) is 14.1. The van der Waals surface area contributed by atoms with Gasteiger partial charge in [-0.1, -0.05) is 30.9 Å². The maximum Gasteiger partial charge on any atom is 0.355 e. The van der Waals surface area contributed by atoms with Crippen molar-refractivity contribution in [3.8, 4) is 11.1 Å². The quantitative estimate of drug-likeness (QED) is 0.616. The van der Waals surface area contributed by atoms with Crippen molar-refractivity contribution in [2.24, 2.45) is 7.05 Å². The SMILES string of the molecule is C=Cc1c(C(=O)OCC)n2c3c(cccc13)-c1c(nn(C)c1C)COCCCC2. The largest absolute Gasteiger partial charge is 0.461 e. The molecule has 3 heterocycles. The van der Waals surface area contributed by atoms with Crippen molar-refractivity contribution in [2.75, 3.05) is 13.2 Å².